The third-order valence-corrected chi connectivity index (χ3v) is 7.73. The molecule has 2 bridgehead atoms. The number of rotatable bonds is 3. The molecule has 7 rings (SSSR count). The van der Waals surface area contributed by atoms with Crippen LogP contribution in [0.1, 0.15) is 19.3 Å². The number of imidazole rings is 1. The second-order valence-corrected chi connectivity index (χ2v) is 9.34. The lowest BCUT2D eigenvalue weighted by Gasteiger charge is -2.25. The first-order valence-corrected chi connectivity index (χ1v) is 11.4. The van der Waals surface area contributed by atoms with E-state index in [-0.39, 0.29) is 0 Å². The van der Waals surface area contributed by atoms with E-state index in [4.69, 9.17) is 21.6 Å². The first-order valence-electron chi connectivity index (χ1n) is 11.1. The standard InChI is InChI=1S/C23H23ClN8/c1-25-17-9-12-3-6-18(17)32(12)23-28-21-19(22-26-7-8-31(22)23)14(10-27-21)13-4-5-16-15(20(13)24)11-30(2)29-16/h4-5,7-8,10-12,17-18,25,27H,3,6,9H2,1-2H3/t12-,17+,18+/m0/s1. The molecule has 4 aromatic heterocycles. The van der Waals surface area contributed by atoms with Gasteiger partial charge in [0.15, 0.2) is 5.65 Å². The normalized spacial score (nSPS) is 22.8. The van der Waals surface area contributed by atoms with Crippen molar-refractivity contribution in [2.24, 2.45) is 7.05 Å². The van der Waals surface area contributed by atoms with Crippen LogP contribution < -0.4 is 10.2 Å². The summed E-state index contributed by atoms with van der Waals surface area (Å²) in [6, 6.07) is 5.54. The number of hydrogen-bond donors (Lipinski definition) is 2. The number of aromatic amines is 1. The SMILES string of the molecule is CN[C@@H]1C[C@@H]2CC[C@H]1N2c1nc2[nH]cc(-c3ccc4nn(C)cc4c3Cl)c2c2nccn12. The predicted molar refractivity (Wildman–Crippen MR) is 126 cm³/mol. The molecule has 3 atom stereocenters. The number of likely N-dealkylation sites (N-methyl/N-ethyl adjacent to an activating group) is 1. The fourth-order valence-corrected chi connectivity index (χ4v) is 6.23. The van der Waals surface area contributed by atoms with Gasteiger partial charge in [0.2, 0.25) is 5.95 Å². The number of hydrogen-bond acceptors (Lipinski definition) is 5. The van der Waals surface area contributed by atoms with E-state index < -0.39 is 0 Å². The largest absolute Gasteiger partial charge is 0.345 e. The van der Waals surface area contributed by atoms with Crippen molar-refractivity contribution in [3.63, 3.8) is 0 Å². The lowest BCUT2D eigenvalue weighted by Crippen LogP contribution is -2.40. The van der Waals surface area contributed by atoms with Crippen molar-refractivity contribution >= 4 is 45.1 Å². The van der Waals surface area contributed by atoms with Crippen molar-refractivity contribution in [1.29, 1.82) is 0 Å². The van der Waals surface area contributed by atoms with E-state index in [0.29, 0.717) is 23.1 Å². The number of anilines is 1. The quantitative estimate of drug-likeness (QED) is 0.441. The van der Waals surface area contributed by atoms with Crippen LogP contribution in [0.4, 0.5) is 5.95 Å². The molecule has 0 radical (unpaired) electrons. The molecule has 5 aromatic rings. The minimum atomic E-state index is 0.470. The van der Waals surface area contributed by atoms with Crippen LogP contribution in [0, 0.1) is 0 Å². The number of nitrogens with one attached hydrogen (secondary N) is 2. The second-order valence-electron chi connectivity index (χ2n) is 8.96. The van der Waals surface area contributed by atoms with Crippen molar-refractivity contribution in [2.45, 2.75) is 37.4 Å². The summed E-state index contributed by atoms with van der Waals surface area (Å²) in [5, 5.41) is 10.6. The van der Waals surface area contributed by atoms with Gasteiger partial charge in [0.25, 0.3) is 0 Å². The smallest absolute Gasteiger partial charge is 0.213 e. The summed E-state index contributed by atoms with van der Waals surface area (Å²) in [5.74, 6) is 0.970. The van der Waals surface area contributed by atoms with Gasteiger partial charge in [0.1, 0.15) is 5.65 Å². The van der Waals surface area contributed by atoms with Crippen LogP contribution in [0.2, 0.25) is 5.02 Å². The molecular formula is C23H23ClN8. The van der Waals surface area contributed by atoms with Crippen molar-refractivity contribution < 1.29 is 0 Å². The van der Waals surface area contributed by atoms with Crippen LogP contribution in [0.25, 0.3) is 38.7 Å². The first kappa shape index (κ1) is 18.5. The van der Waals surface area contributed by atoms with Gasteiger partial charge in [-0.15, -0.1) is 0 Å². The van der Waals surface area contributed by atoms with Gasteiger partial charge in [-0.1, -0.05) is 17.7 Å². The van der Waals surface area contributed by atoms with Gasteiger partial charge in [-0.3, -0.25) is 9.08 Å². The lowest BCUT2D eigenvalue weighted by molar-refractivity contribution is 0.445. The highest BCUT2D eigenvalue weighted by atomic mass is 35.5. The molecule has 2 N–H and O–H groups in total. The fourth-order valence-electron chi connectivity index (χ4n) is 5.92. The molecule has 0 aliphatic carbocycles. The van der Waals surface area contributed by atoms with Gasteiger partial charge in [0.05, 0.1) is 15.9 Å². The number of aryl methyl sites for hydroxylation is 1. The Bertz CT molecular complexity index is 1510. The Morgan fingerprint density at radius 1 is 1.22 bits per heavy atom. The molecule has 0 amide bonds. The second kappa shape index (κ2) is 6.46. The highest BCUT2D eigenvalue weighted by molar-refractivity contribution is 6.38. The van der Waals surface area contributed by atoms with E-state index in [1.807, 2.05) is 44.0 Å². The van der Waals surface area contributed by atoms with E-state index in [9.17, 15) is 0 Å². The molecule has 2 aliphatic rings. The molecule has 0 saturated carbocycles. The summed E-state index contributed by atoms with van der Waals surface area (Å²) in [7, 11) is 3.97. The summed E-state index contributed by atoms with van der Waals surface area (Å²) in [5.41, 5.74) is 4.58. The van der Waals surface area contributed by atoms with Crippen LogP contribution in [0.3, 0.4) is 0 Å². The van der Waals surface area contributed by atoms with Crippen molar-refractivity contribution in [3.8, 4) is 11.1 Å². The summed E-state index contributed by atoms with van der Waals surface area (Å²) in [4.78, 5) is 15.8. The van der Waals surface area contributed by atoms with Crippen molar-refractivity contribution in [2.75, 3.05) is 11.9 Å². The Morgan fingerprint density at radius 2 is 2.12 bits per heavy atom. The number of nitrogens with zero attached hydrogens (tertiary/aromatic N) is 6. The number of benzene rings is 1. The molecule has 0 spiro atoms. The molecule has 2 aliphatic heterocycles. The highest BCUT2D eigenvalue weighted by Gasteiger charge is 2.47. The number of halogens is 1. The Labute approximate surface area is 189 Å². The molecule has 8 nitrogen and oxygen atoms in total. The minimum absolute atomic E-state index is 0.470. The summed E-state index contributed by atoms with van der Waals surface area (Å²) in [6.07, 6.45) is 11.4. The molecule has 6 heterocycles. The molecule has 32 heavy (non-hydrogen) atoms. The zero-order valence-corrected chi connectivity index (χ0v) is 18.6. The van der Waals surface area contributed by atoms with E-state index in [2.05, 4.69) is 31.7 Å². The number of aromatic nitrogens is 6. The summed E-state index contributed by atoms with van der Waals surface area (Å²) in [6.45, 7) is 0. The summed E-state index contributed by atoms with van der Waals surface area (Å²) < 4.78 is 3.93. The van der Waals surface area contributed by atoms with Crippen molar-refractivity contribution in [3.05, 3.63) is 41.9 Å². The molecule has 1 aromatic carbocycles. The predicted octanol–water partition coefficient (Wildman–Crippen LogP) is 3.75. The van der Waals surface area contributed by atoms with E-state index in [1.54, 1.807) is 4.68 Å². The highest BCUT2D eigenvalue weighted by Crippen LogP contribution is 2.43. The van der Waals surface area contributed by atoms with Crippen LogP contribution in [0.5, 0.6) is 0 Å². The Morgan fingerprint density at radius 3 is 2.97 bits per heavy atom. The zero-order valence-electron chi connectivity index (χ0n) is 17.9. The van der Waals surface area contributed by atoms with Gasteiger partial charge >= 0.3 is 0 Å². The van der Waals surface area contributed by atoms with Gasteiger partial charge < -0.3 is 15.2 Å². The zero-order chi connectivity index (χ0) is 21.6. The van der Waals surface area contributed by atoms with Crippen LogP contribution in [-0.4, -0.2) is 54.3 Å². The monoisotopic (exact) mass is 446 g/mol. The van der Waals surface area contributed by atoms with Crippen LogP contribution in [0.15, 0.2) is 36.9 Å². The molecule has 2 saturated heterocycles. The van der Waals surface area contributed by atoms with Crippen molar-refractivity contribution in [1.82, 2.24) is 34.4 Å². The Balaban J connectivity index is 1.45. The molecule has 0 unspecified atom stereocenters. The molecule has 2 fully saturated rings. The minimum Gasteiger partial charge on any atom is -0.345 e. The van der Waals surface area contributed by atoms with E-state index >= 15 is 0 Å². The van der Waals surface area contributed by atoms with Gasteiger partial charge in [-0.05, 0) is 32.4 Å². The molecule has 9 heteroatoms. The average molecular weight is 447 g/mol. The van der Waals surface area contributed by atoms with E-state index in [0.717, 1.165) is 51.1 Å². The van der Waals surface area contributed by atoms with Gasteiger partial charge in [-0.2, -0.15) is 10.1 Å². The third kappa shape index (κ3) is 2.34. The topological polar surface area (TPSA) is 79.1 Å². The number of fused-ring (bicyclic) bond motifs is 6. The lowest BCUT2D eigenvalue weighted by atomic mass is 9.96. The fraction of sp³-hybridized carbons (Fsp3) is 0.348. The van der Waals surface area contributed by atoms with Gasteiger partial charge in [0, 0.05) is 66.5 Å². The Hall–Kier alpha value is -3.10. The molecule has 162 valence electrons. The maximum Gasteiger partial charge on any atom is 0.213 e. The maximum absolute atomic E-state index is 6.86. The molecular weight excluding hydrogens is 424 g/mol. The van der Waals surface area contributed by atoms with Crippen LogP contribution in [-0.2, 0) is 7.05 Å². The average Bonchev–Trinajstić information content (AvgIpc) is 3.59. The third-order valence-electron chi connectivity index (χ3n) is 7.32. The summed E-state index contributed by atoms with van der Waals surface area (Å²) >= 11 is 6.86. The van der Waals surface area contributed by atoms with Gasteiger partial charge in [-0.25, -0.2) is 4.98 Å². The van der Waals surface area contributed by atoms with E-state index in [1.165, 1.54) is 12.8 Å². The van der Waals surface area contributed by atoms with Crippen LogP contribution >= 0.6 is 11.6 Å². The number of H-pyrrole nitrogens is 1. The maximum atomic E-state index is 6.86. The first-order chi connectivity index (χ1) is 15.6. The Kier molecular flexibility index (Phi) is 3.73.